The lowest BCUT2D eigenvalue weighted by Crippen LogP contribution is -2.22. The van der Waals surface area contributed by atoms with Gasteiger partial charge in [-0.1, -0.05) is 50.2 Å². The molecule has 0 N–H and O–H groups in total. The lowest BCUT2D eigenvalue weighted by Gasteiger charge is -2.16. The number of alkyl halides is 3. The predicted molar refractivity (Wildman–Crippen MR) is 110 cm³/mol. The topological polar surface area (TPSA) is 60.7 Å². The minimum atomic E-state index is -4.50. The highest BCUT2D eigenvalue weighted by molar-refractivity contribution is 7.99. The second-order valence-corrected chi connectivity index (χ2v) is 8.85. The third kappa shape index (κ3) is 5.02. The highest BCUT2D eigenvalue weighted by Gasteiger charge is 2.31. The van der Waals surface area contributed by atoms with Crippen LogP contribution in [0.25, 0.3) is 17.1 Å². The van der Waals surface area contributed by atoms with Gasteiger partial charge in [-0.05, 0) is 30.3 Å². The molecule has 158 valence electrons. The number of carbonyl (C=O) groups is 1. The van der Waals surface area contributed by atoms with Gasteiger partial charge in [-0.2, -0.15) is 13.2 Å². The molecule has 5 nitrogen and oxygen atoms in total. The number of hydrogen-bond acceptors (Lipinski definition) is 5. The van der Waals surface area contributed by atoms with Gasteiger partial charge < -0.3 is 0 Å². The van der Waals surface area contributed by atoms with E-state index in [1.54, 1.807) is 32.9 Å². The summed E-state index contributed by atoms with van der Waals surface area (Å²) in [6.07, 6.45) is -3.03. The van der Waals surface area contributed by atoms with Crippen molar-refractivity contribution in [3.05, 3.63) is 53.3 Å². The van der Waals surface area contributed by atoms with Crippen LogP contribution in [0.4, 0.5) is 13.2 Å². The van der Waals surface area contributed by atoms with Crippen LogP contribution in [0.2, 0.25) is 5.15 Å². The third-order valence-corrected chi connectivity index (χ3v) is 5.37. The van der Waals surface area contributed by atoms with Crippen LogP contribution in [0.3, 0.4) is 0 Å². The minimum absolute atomic E-state index is 0.0131. The van der Waals surface area contributed by atoms with Gasteiger partial charge in [0.1, 0.15) is 10.9 Å². The molecule has 0 amide bonds. The summed E-state index contributed by atoms with van der Waals surface area (Å²) in [5.41, 5.74) is -0.587. The predicted octanol–water partition coefficient (Wildman–Crippen LogP) is 5.71. The maximum Gasteiger partial charge on any atom is 0.416 e. The summed E-state index contributed by atoms with van der Waals surface area (Å²) in [7, 11) is 0. The van der Waals surface area contributed by atoms with E-state index < -0.39 is 17.2 Å². The molecule has 0 saturated carbocycles. The van der Waals surface area contributed by atoms with Crippen molar-refractivity contribution < 1.29 is 18.0 Å². The van der Waals surface area contributed by atoms with E-state index in [4.69, 9.17) is 11.6 Å². The number of rotatable bonds is 5. The lowest BCUT2D eigenvalue weighted by atomic mass is 9.92. The van der Waals surface area contributed by atoms with E-state index >= 15 is 0 Å². The molecule has 3 aromatic rings. The quantitative estimate of drug-likeness (QED) is 0.365. The first-order valence-corrected chi connectivity index (χ1v) is 10.2. The molecule has 0 aliphatic carbocycles. The van der Waals surface area contributed by atoms with Gasteiger partial charge in [-0.15, -0.1) is 10.2 Å². The van der Waals surface area contributed by atoms with Crippen molar-refractivity contribution in [1.29, 1.82) is 0 Å². The van der Waals surface area contributed by atoms with Crippen LogP contribution in [-0.2, 0) is 11.0 Å². The summed E-state index contributed by atoms with van der Waals surface area (Å²) in [5, 5.41) is 8.83. The number of aromatic nitrogens is 4. The first-order valence-electron chi connectivity index (χ1n) is 8.88. The Morgan fingerprint density at radius 2 is 1.87 bits per heavy atom. The highest BCUT2D eigenvalue weighted by Crippen LogP contribution is 2.34. The Morgan fingerprint density at radius 3 is 2.47 bits per heavy atom. The van der Waals surface area contributed by atoms with Gasteiger partial charge in [0.2, 0.25) is 0 Å². The molecule has 3 rings (SSSR count). The number of nitrogens with zero attached hydrogens (tertiary/aromatic N) is 4. The molecule has 0 unspecified atom stereocenters. The van der Waals surface area contributed by atoms with Crippen molar-refractivity contribution in [3.63, 3.8) is 0 Å². The second-order valence-electron chi connectivity index (χ2n) is 7.52. The zero-order chi connectivity index (χ0) is 22.1. The molecule has 0 atom stereocenters. The van der Waals surface area contributed by atoms with Crippen LogP contribution in [0.5, 0.6) is 0 Å². The molecule has 0 saturated heterocycles. The minimum Gasteiger partial charge on any atom is -0.298 e. The summed E-state index contributed by atoms with van der Waals surface area (Å²) in [6.45, 7) is 5.41. The monoisotopic (exact) mass is 454 g/mol. The first-order chi connectivity index (χ1) is 14.0. The average Bonchev–Trinajstić information content (AvgIpc) is 3.09. The number of hydrogen-bond donors (Lipinski definition) is 0. The number of halogens is 4. The highest BCUT2D eigenvalue weighted by atomic mass is 35.5. The van der Waals surface area contributed by atoms with E-state index in [9.17, 15) is 18.0 Å². The molecule has 0 radical (unpaired) electrons. The molecular formula is C20H18ClF3N4OS. The number of pyridine rings is 1. The summed E-state index contributed by atoms with van der Waals surface area (Å²) >= 11 is 6.96. The van der Waals surface area contributed by atoms with Gasteiger partial charge in [0.05, 0.1) is 17.0 Å². The van der Waals surface area contributed by atoms with Crippen LogP contribution in [0.15, 0.2) is 47.8 Å². The number of Topliss-reactive ketones (excluding diaryl/α,β-unsaturated/α-hetero) is 1. The van der Waals surface area contributed by atoms with E-state index in [1.807, 2.05) is 0 Å². The van der Waals surface area contributed by atoms with Gasteiger partial charge in [0.25, 0.3) is 0 Å². The van der Waals surface area contributed by atoms with Crippen LogP contribution < -0.4 is 0 Å². The van der Waals surface area contributed by atoms with Crippen molar-refractivity contribution in [1.82, 2.24) is 19.7 Å². The fraction of sp³-hybridized carbons (Fsp3) is 0.300. The van der Waals surface area contributed by atoms with Crippen molar-refractivity contribution in [2.45, 2.75) is 32.1 Å². The number of ketones is 1. The molecular weight excluding hydrogens is 437 g/mol. The van der Waals surface area contributed by atoms with Gasteiger partial charge in [0, 0.05) is 17.2 Å². The third-order valence-electron chi connectivity index (χ3n) is 4.22. The average molecular weight is 455 g/mol. The SMILES string of the molecule is CC(C)(C)C(=O)CSc1nnc(-c2ccc(Cl)nc2)n1-c1cccc(C(F)(F)F)c1. The van der Waals surface area contributed by atoms with Crippen molar-refractivity contribution >= 4 is 29.1 Å². The maximum atomic E-state index is 13.2. The summed E-state index contributed by atoms with van der Waals surface area (Å²) in [4.78, 5) is 16.3. The maximum absolute atomic E-state index is 13.2. The smallest absolute Gasteiger partial charge is 0.298 e. The molecule has 1 aromatic carbocycles. The van der Waals surface area contributed by atoms with Crippen LogP contribution in [0, 0.1) is 5.41 Å². The van der Waals surface area contributed by atoms with Crippen LogP contribution in [0.1, 0.15) is 26.3 Å². The van der Waals surface area contributed by atoms with Gasteiger partial charge in [-0.25, -0.2) is 4.98 Å². The second kappa shape index (κ2) is 8.39. The van der Waals surface area contributed by atoms with Crippen molar-refractivity contribution in [2.75, 3.05) is 5.75 Å². The molecule has 0 spiro atoms. The first kappa shape index (κ1) is 22.3. The molecule has 30 heavy (non-hydrogen) atoms. The van der Waals surface area contributed by atoms with Crippen LogP contribution >= 0.6 is 23.4 Å². The van der Waals surface area contributed by atoms with E-state index in [0.717, 1.165) is 23.9 Å². The summed E-state index contributed by atoms with van der Waals surface area (Å²) < 4.78 is 41.2. The van der Waals surface area contributed by atoms with Crippen molar-refractivity contribution in [3.8, 4) is 17.1 Å². The zero-order valence-corrected chi connectivity index (χ0v) is 17.9. The molecule has 0 aliphatic rings. The van der Waals surface area contributed by atoms with E-state index in [2.05, 4.69) is 15.2 Å². The Bertz CT molecular complexity index is 1060. The molecule has 10 heteroatoms. The lowest BCUT2D eigenvalue weighted by molar-refractivity contribution is -0.137. The molecule has 0 bridgehead atoms. The summed E-state index contributed by atoms with van der Waals surface area (Å²) in [6, 6.07) is 8.06. The van der Waals surface area contributed by atoms with Gasteiger partial charge >= 0.3 is 6.18 Å². The molecule has 2 heterocycles. The largest absolute Gasteiger partial charge is 0.416 e. The normalized spacial score (nSPS) is 12.2. The number of benzene rings is 1. The van der Waals surface area contributed by atoms with Gasteiger partial charge in [-0.3, -0.25) is 9.36 Å². The Morgan fingerprint density at radius 1 is 1.13 bits per heavy atom. The number of carbonyl (C=O) groups excluding carboxylic acids is 1. The van der Waals surface area contributed by atoms with Crippen LogP contribution in [-0.4, -0.2) is 31.3 Å². The number of thioether (sulfide) groups is 1. The fourth-order valence-corrected chi connectivity index (χ4v) is 3.68. The zero-order valence-electron chi connectivity index (χ0n) is 16.4. The molecule has 2 aromatic heterocycles. The Hall–Kier alpha value is -2.39. The summed E-state index contributed by atoms with van der Waals surface area (Å²) in [5.74, 6) is 0.393. The Balaban J connectivity index is 2.09. The van der Waals surface area contributed by atoms with E-state index in [-0.39, 0.29) is 22.4 Å². The van der Waals surface area contributed by atoms with Crippen molar-refractivity contribution in [2.24, 2.45) is 5.41 Å². The standard InChI is InChI=1S/C20H18ClF3N4OS/c1-19(2,3)15(29)11-30-18-27-26-17(12-7-8-16(21)25-10-12)28(18)14-6-4-5-13(9-14)20(22,23)24/h4-10H,11H2,1-3H3. The Labute approximate surface area is 180 Å². The Kier molecular flexibility index (Phi) is 6.24. The van der Waals surface area contributed by atoms with E-state index in [1.165, 1.54) is 22.9 Å². The molecule has 0 aliphatic heterocycles. The molecule has 0 fully saturated rings. The van der Waals surface area contributed by atoms with E-state index in [0.29, 0.717) is 16.5 Å². The van der Waals surface area contributed by atoms with Gasteiger partial charge in [0.15, 0.2) is 11.0 Å². The fourth-order valence-electron chi connectivity index (χ4n) is 2.46.